The van der Waals surface area contributed by atoms with Crippen LogP contribution in [0.15, 0.2) is 48.5 Å². The highest BCUT2D eigenvalue weighted by Gasteiger charge is 2.36. The monoisotopic (exact) mass is 484 g/mol. The van der Waals surface area contributed by atoms with Crippen LogP contribution in [0.1, 0.15) is 54.4 Å². The van der Waals surface area contributed by atoms with Gasteiger partial charge in [0.25, 0.3) is 5.91 Å². The molecule has 0 spiro atoms. The molecule has 0 aromatic heterocycles. The third-order valence-corrected chi connectivity index (χ3v) is 7.10. The van der Waals surface area contributed by atoms with E-state index in [0.717, 1.165) is 25.8 Å². The quantitative estimate of drug-likeness (QED) is 0.606. The van der Waals surface area contributed by atoms with Gasteiger partial charge in [-0.15, -0.1) is 0 Å². The van der Waals surface area contributed by atoms with Crippen molar-refractivity contribution in [3.05, 3.63) is 64.7 Å². The molecule has 0 bridgehead atoms. The van der Waals surface area contributed by atoms with Crippen molar-refractivity contribution in [2.75, 3.05) is 6.54 Å². The molecule has 4 rings (SSSR count). The van der Waals surface area contributed by atoms with E-state index in [2.05, 4.69) is 5.32 Å². The van der Waals surface area contributed by atoms with Crippen molar-refractivity contribution in [3.63, 3.8) is 0 Å². The number of hydrogen-bond donors (Lipinski definition) is 2. The van der Waals surface area contributed by atoms with Gasteiger partial charge in [-0.3, -0.25) is 4.79 Å². The highest BCUT2D eigenvalue weighted by molar-refractivity contribution is 6.33. The first-order chi connectivity index (χ1) is 16.4. The molecular weight excluding hydrogens is 456 g/mol. The highest BCUT2D eigenvalue weighted by atomic mass is 35.5. The maximum Gasteiger partial charge on any atom is 0.415 e. The van der Waals surface area contributed by atoms with Crippen molar-refractivity contribution in [1.29, 1.82) is 0 Å². The Bertz CT molecular complexity index is 1040. The van der Waals surface area contributed by atoms with Gasteiger partial charge in [0, 0.05) is 19.0 Å². The number of halogens is 1. The first kappa shape index (κ1) is 24.1. The number of amides is 2. The largest absolute Gasteiger partial charge is 0.480 e. The molecule has 3 atom stereocenters. The Labute approximate surface area is 204 Å². The van der Waals surface area contributed by atoms with E-state index in [-0.39, 0.29) is 29.1 Å². The standard InChI is InChI=1S/C26H29ClN2O5/c27-21-9-3-2-8-20(21)24(30)28-22(25(31)32)16-17-11-13-19(14-12-17)34-26(33)29-15-5-7-18-6-1-4-10-23(18)29/h2-3,8-9,11-14,18,22-23H,1,4-7,10,15-16H2,(H,28,30)(H,31,32). The van der Waals surface area contributed by atoms with Gasteiger partial charge in [-0.25, -0.2) is 9.59 Å². The molecule has 8 heteroatoms. The number of ether oxygens (including phenoxy) is 1. The topological polar surface area (TPSA) is 95.9 Å². The van der Waals surface area contributed by atoms with Crippen LogP contribution in [0.3, 0.4) is 0 Å². The van der Waals surface area contributed by atoms with Crippen molar-refractivity contribution >= 4 is 29.6 Å². The lowest BCUT2D eigenvalue weighted by atomic mass is 9.78. The number of carboxylic acids is 1. The van der Waals surface area contributed by atoms with Crippen molar-refractivity contribution in [1.82, 2.24) is 10.2 Å². The summed E-state index contributed by atoms with van der Waals surface area (Å²) >= 11 is 6.04. The summed E-state index contributed by atoms with van der Waals surface area (Å²) in [5.74, 6) is -0.709. The number of nitrogens with one attached hydrogen (secondary N) is 1. The predicted molar refractivity (Wildman–Crippen MR) is 128 cm³/mol. The number of carbonyl (C=O) groups is 3. The van der Waals surface area contributed by atoms with Gasteiger partial charge in [-0.1, -0.05) is 48.7 Å². The summed E-state index contributed by atoms with van der Waals surface area (Å²) in [5.41, 5.74) is 0.910. The molecule has 2 aromatic rings. The van der Waals surface area contributed by atoms with Crippen molar-refractivity contribution < 1.29 is 24.2 Å². The second-order valence-electron chi connectivity index (χ2n) is 9.01. The SMILES string of the molecule is O=C(NC(Cc1ccc(OC(=O)N2CCCC3CCCCC32)cc1)C(=O)O)c1ccccc1Cl. The van der Waals surface area contributed by atoms with E-state index in [4.69, 9.17) is 16.3 Å². The van der Waals surface area contributed by atoms with Gasteiger partial charge in [-0.2, -0.15) is 0 Å². The Balaban J connectivity index is 1.36. The lowest BCUT2D eigenvalue weighted by Gasteiger charge is -2.43. The summed E-state index contributed by atoms with van der Waals surface area (Å²) < 4.78 is 5.63. The fourth-order valence-electron chi connectivity index (χ4n) is 5.02. The fraction of sp³-hybridized carbons (Fsp3) is 0.423. The van der Waals surface area contributed by atoms with Crippen LogP contribution in [-0.4, -0.2) is 46.6 Å². The number of nitrogens with zero attached hydrogens (tertiary/aromatic N) is 1. The van der Waals surface area contributed by atoms with Gasteiger partial charge in [0.1, 0.15) is 11.8 Å². The van der Waals surface area contributed by atoms with E-state index in [0.29, 0.717) is 17.2 Å². The molecule has 7 nitrogen and oxygen atoms in total. The molecule has 0 radical (unpaired) electrons. The third-order valence-electron chi connectivity index (χ3n) is 6.77. The lowest BCUT2D eigenvalue weighted by molar-refractivity contribution is -0.139. The molecule has 1 saturated carbocycles. The molecule has 1 saturated heterocycles. The molecule has 1 aliphatic heterocycles. The lowest BCUT2D eigenvalue weighted by Crippen LogP contribution is -2.50. The zero-order valence-corrected chi connectivity index (χ0v) is 19.7. The molecule has 3 unspecified atom stereocenters. The Morgan fingerprint density at radius 2 is 1.74 bits per heavy atom. The maximum atomic E-state index is 12.8. The van der Waals surface area contributed by atoms with Crippen LogP contribution < -0.4 is 10.1 Å². The normalized spacial score (nSPS) is 20.7. The van der Waals surface area contributed by atoms with Gasteiger partial charge < -0.3 is 20.1 Å². The van der Waals surface area contributed by atoms with Crippen molar-refractivity contribution in [2.45, 2.75) is 57.0 Å². The van der Waals surface area contributed by atoms with E-state index >= 15 is 0 Å². The summed E-state index contributed by atoms with van der Waals surface area (Å²) in [5, 5.41) is 12.4. The van der Waals surface area contributed by atoms with E-state index in [9.17, 15) is 19.5 Å². The van der Waals surface area contributed by atoms with Crippen LogP contribution in [0, 0.1) is 5.92 Å². The summed E-state index contributed by atoms with van der Waals surface area (Å²) in [4.78, 5) is 38.9. The van der Waals surface area contributed by atoms with Crippen LogP contribution in [-0.2, 0) is 11.2 Å². The number of rotatable bonds is 6. The van der Waals surface area contributed by atoms with Crippen LogP contribution in [0.2, 0.25) is 5.02 Å². The molecule has 2 aliphatic rings. The van der Waals surface area contributed by atoms with Gasteiger partial charge in [-0.05, 0) is 61.4 Å². The molecular formula is C26H29ClN2O5. The minimum Gasteiger partial charge on any atom is -0.480 e. The van der Waals surface area contributed by atoms with Gasteiger partial charge in [0.15, 0.2) is 0 Å². The number of fused-ring (bicyclic) bond motifs is 1. The Morgan fingerprint density at radius 1 is 1.03 bits per heavy atom. The molecule has 2 fully saturated rings. The average Bonchev–Trinajstić information content (AvgIpc) is 2.84. The molecule has 180 valence electrons. The predicted octanol–water partition coefficient (Wildman–Crippen LogP) is 4.92. The molecule has 1 heterocycles. The first-order valence-electron chi connectivity index (χ1n) is 11.8. The smallest absolute Gasteiger partial charge is 0.415 e. The highest BCUT2D eigenvalue weighted by Crippen LogP contribution is 2.35. The second kappa shape index (κ2) is 10.9. The number of carbonyl (C=O) groups excluding carboxylic acids is 2. The maximum absolute atomic E-state index is 12.8. The Hall–Kier alpha value is -3.06. The van der Waals surface area contributed by atoms with Crippen LogP contribution in [0.4, 0.5) is 4.79 Å². The molecule has 2 amide bonds. The van der Waals surface area contributed by atoms with Gasteiger partial charge in [0.05, 0.1) is 10.6 Å². The van der Waals surface area contributed by atoms with Gasteiger partial charge >= 0.3 is 12.1 Å². The average molecular weight is 485 g/mol. The molecule has 1 aliphatic carbocycles. The summed E-state index contributed by atoms with van der Waals surface area (Å²) in [6, 6.07) is 12.3. The van der Waals surface area contributed by atoms with Crippen molar-refractivity contribution in [3.8, 4) is 5.75 Å². The minimum absolute atomic E-state index is 0.0790. The zero-order chi connectivity index (χ0) is 24.1. The summed E-state index contributed by atoms with van der Waals surface area (Å²) in [7, 11) is 0. The summed E-state index contributed by atoms with van der Waals surface area (Å²) in [6.45, 7) is 0.726. The fourth-order valence-corrected chi connectivity index (χ4v) is 5.24. The van der Waals surface area contributed by atoms with Crippen LogP contribution in [0.5, 0.6) is 5.75 Å². The number of likely N-dealkylation sites (tertiary alicyclic amines) is 1. The van der Waals surface area contributed by atoms with Crippen molar-refractivity contribution in [2.24, 2.45) is 5.92 Å². The number of carboxylic acid groups (broad SMARTS) is 1. The van der Waals surface area contributed by atoms with E-state index in [1.165, 1.54) is 25.3 Å². The number of benzene rings is 2. The summed E-state index contributed by atoms with van der Waals surface area (Å²) in [6.07, 6.45) is 6.55. The molecule has 2 aromatic carbocycles. The zero-order valence-electron chi connectivity index (χ0n) is 18.9. The van der Waals surface area contributed by atoms with Crippen LogP contribution >= 0.6 is 11.6 Å². The Kier molecular flexibility index (Phi) is 7.73. The molecule has 2 N–H and O–H groups in total. The minimum atomic E-state index is -1.15. The number of piperidine rings is 1. The van der Waals surface area contributed by atoms with E-state index in [1.807, 2.05) is 4.90 Å². The van der Waals surface area contributed by atoms with Crippen LogP contribution in [0.25, 0.3) is 0 Å². The number of aliphatic carboxylic acids is 1. The molecule has 34 heavy (non-hydrogen) atoms. The number of hydrogen-bond acceptors (Lipinski definition) is 4. The second-order valence-corrected chi connectivity index (χ2v) is 9.41. The first-order valence-corrected chi connectivity index (χ1v) is 12.2. The Morgan fingerprint density at radius 3 is 2.47 bits per heavy atom. The van der Waals surface area contributed by atoms with E-state index in [1.54, 1.807) is 42.5 Å². The van der Waals surface area contributed by atoms with E-state index < -0.39 is 17.9 Å². The third kappa shape index (κ3) is 5.70. The van der Waals surface area contributed by atoms with Gasteiger partial charge in [0.2, 0.25) is 0 Å².